The minimum absolute atomic E-state index is 0.765. The number of hydrogen-bond donors (Lipinski definition) is 0. The van der Waals surface area contributed by atoms with Crippen LogP contribution in [-0.2, 0) is 6.42 Å². The van der Waals surface area contributed by atoms with Crippen molar-refractivity contribution in [3.05, 3.63) is 35.9 Å². The van der Waals surface area contributed by atoms with Gasteiger partial charge in [-0.3, -0.25) is 4.99 Å². The number of nitrogens with zero attached hydrogens (tertiary/aromatic N) is 2. The van der Waals surface area contributed by atoms with Crippen molar-refractivity contribution in [3.63, 3.8) is 0 Å². The molecule has 0 saturated heterocycles. The van der Waals surface area contributed by atoms with Crippen molar-refractivity contribution in [2.45, 2.75) is 6.42 Å². The average Bonchev–Trinajstić information content (AvgIpc) is 2.16. The van der Waals surface area contributed by atoms with Crippen LogP contribution < -0.4 is 0 Å². The van der Waals surface area contributed by atoms with Gasteiger partial charge < -0.3 is 0 Å². The minimum atomic E-state index is 0.765. The van der Waals surface area contributed by atoms with E-state index in [1.165, 1.54) is 5.56 Å². The molecule has 2 nitrogen and oxygen atoms in total. The van der Waals surface area contributed by atoms with Crippen molar-refractivity contribution in [3.8, 4) is 0 Å². The smallest absolute Gasteiger partial charge is 0.126 e. The zero-order valence-electron chi connectivity index (χ0n) is 7.20. The predicted molar refractivity (Wildman–Crippen MR) is 53.1 cm³/mol. The third-order valence-electron chi connectivity index (χ3n) is 1.65. The Morgan fingerprint density at radius 1 is 1.33 bits per heavy atom. The molecule has 0 aromatic heterocycles. The maximum absolute atomic E-state index is 3.99. The van der Waals surface area contributed by atoms with Gasteiger partial charge >= 0.3 is 0 Å². The van der Waals surface area contributed by atoms with Crippen LogP contribution in [-0.4, -0.2) is 19.6 Å². The fraction of sp³-hybridized carbons (Fsp3) is 0.200. The van der Waals surface area contributed by atoms with Gasteiger partial charge in [-0.1, -0.05) is 30.3 Å². The van der Waals surface area contributed by atoms with Crippen molar-refractivity contribution in [2.75, 3.05) is 7.05 Å². The molecule has 1 aromatic carbocycles. The van der Waals surface area contributed by atoms with Crippen LogP contribution in [0.4, 0.5) is 0 Å². The summed E-state index contributed by atoms with van der Waals surface area (Å²) in [6, 6.07) is 10.1. The van der Waals surface area contributed by atoms with E-state index in [0.29, 0.717) is 0 Å². The summed E-state index contributed by atoms with van der Waals surface area (Å²) in [6.45, 7) is 3.45. The van der Waals surface area contributed by atoms with Gasteiger partial charge in [-0.25, -0.2) is 4.99 Å². The standard InChI is InChI=1S/C10H12N2/c1-11-10(12-2)8-9-6-4-3-5-7-9/h3-7H,1,8H2,2H3. The molecule has 0 spiro atoms. The maximum Gasteiger partial charge on any atom is 0.126 e. The van der Waals surface area contributed by atoms with E-state index < -0.39 is 0 Å². The first kappa shape index (κ1) is 8.65. The molecule has 0 atom stereocenters. The van der Waals surface area contributed by atoms with Gasteiger partial charge in [0.05, 0.1) is 0 Å². The molecular weight excluding hydrogens is 148 g/mol. The van der Waals surface area contributed by atoms with E-state index in [2.05, 4.69) is 28.8 Å². The molecule has 0 saturated carbocycles. The molecule has 0 unspecified atom stereocenters. The molecule has 0 aliphatic heterocycles. The van der Waals surface area contributed by atoms with Gasteiger partial charge in [0.15, 0.2) is 0 Å². The van der Waals surface area contributed by atoms with E-state index in [-0.39, 0.29) is 0 Å². The summed E-state index contributed by atoms with van der Waals surface area (Å²) < 4.78 is 0. The van der Waals surface area contributed by atoms with E-state index in [4.69, 9.17) is 0 Å². The van der Waals surface area contributed by atoms with Crippen LogP contribution >= 0.6 is 0 Å². The zero-order valence-corrected chi connectivity index (χ0v) is 7.20. The van der Waals surface area contributed by atoms with E-state index in [1.807, 2.05) is 18.2 Å². The molecule has 0 fully saturated rings. The van der Waals surface area contributed by atoms with Gasteiger partial charge in [-0.05, 0) is 12.3 Å². The fourth-order valence-electron chi connectivity index (χ4n) is 0.984. The van der Waals surface area contributed by atoms with Crippen molar-refractivity contribution >= 4 is 12.6 Å². The molecule has 0 N–H and O–H groups in total. The van der Waals surface area contributed by atoms with Gasteiger partial charge in [-0.15, -0.1) is 0 Å². The minimum Gasteiger partial charge on any atom is -0.274 e. The highest BCUT2D eigenvalue weighted by molar-refractivity contribution is 5.87. The first-order valence-corrected chi connectivity index (χ1v) is 3.83. The first-order chi connectivity index (χ1) is 5.86. The van der Waals surface area contributed by atoms with Gasteiger partial charge in [0.25, 0.3) is 0 Å². The van der Waals surface area contributed by atoms with E-state index in [1.54, 1.807) is 7.05 Å². The lowest BCUT2D eigenvalue weighted by molar-refractivity contribution is 1.25. The van der Waals surface area contributed by atoms with Gasteiger partial charge in [0.1, 0.15) is 5.84 Å². The second kappa shape index (κ2) is 4.44. The molecule has 1 rings (SSSR count). The van der Waals surface area contributed by atoms with Crippen molar-refractivity contribution in [1.82, 2.24) is 0 Å². The summed E-state index contributed by atoms with van der Waals surface area (Å²) in [7, 11) is 1.73. The highest BCUT2D eigenvalue weighted by Gasteiger charge is 1.95. The quantitative estimate of drug-likeness (QED) is 0.466. The number of benzene rings is 1. The van der Waals surface area contributed by atoms with E-state index in [9.17, 15) is 0 Å². The first-order valence-electron chi connectivity index (χ1n) is 3.83. The molecule has 0 aliphatic rings. The summed E-state index contributed by atoms with van der Waals surface area (Å²) in [5, 5.41) is 0. The summed E-state index contributed by atoms with van der Waals surface area (Å²) in [5.41, 5.74) is 1.21. The molecule has 0 heterocycles. The Morgan fingerprint density at radius 2 is 2.00 bits per heavy atom. The summed E-state index contributed by atoms with van der Waals surface area (Å²) >= 11 is 0. The van der Waals surface area contributed by atoms with E-state index >= 15 is 0 Å². The number of aliphatic imine (C=N–C) groups is 2. The van der Waals surface area contributed by atoms with Gasteiger partial charge in [0, 0.05) is 13.5 Å². The van der Waals surface area contributed by atoms with Crippen LogP contribution in [0.3, 0.4) is 0 Å². The van der Waals surface area contributed by atoms with Crippen LogP contribution in [0.5, 0.6) is 0 Å². The maximum atomic E-state index is 3.99. The molecule has 0 bridgehead atoms. The van der Waals surface area contributed by atoms with Crippen LogP contribution in [0.15, 0.2) is 40.3 Å². The Labute approximate surface area is 72.7 Å². The van der Waals surface area contributed by atoms with Crippen molar-refractivity contribution in [1.29, 1.82) is 0 Å². The lowest BCUT2D eigenvalue weighted by Crippen LogP contribution is -1.98. The van der Waals surface area contributed by atoms with Crippen LogP contribution in [0.1, 0.15) is 5.56 Å². The monoisotopic (exact) mass is 160 g/mol. The van der Waals surface area contributed by atoms with Crippen molar-refractivity contribution in [2.24, 2.45) is 9.98 Å². The van der Waals surface area contributed by atoms with Crippen LogP contribution in [0, 0.1) is 0 Å². The number of amidine groups is 1. The molecule has 0 amide bonds. The molecular formula is C10H12N2. The Balaban J connectivity index is 2.70. The van der Waals surface area contributed by atoms with Gasteiger partial charge in [0.2, 0.25) is 0 Å². The summed E-state index contributed by atoms with van der Waals surface area (Å²) in [4.78, 5) is 7.79. The van der Waals surface area contributed by atoms with Gasteiger partial charge in [-0.2, -0.15) is 0 Å². The normalized spacial score (nSPS) is 11.2. The van der Waals surface area contributed by atoms with Crippen molar-refractivity contribution < 1.29 is 0 Å². The Bertz CT molecular complexity index is 275. The molecule has 1 aromatic rings. The molecule has 12 heavy (non-hydrogen) atoms. The Morgan fingerprint density at radius 3 is 2.50 bits per heavy atom. The topological polar surface area (TPSA) is 24.7 Å². The Kier molecular flexibility index (Phi) is 3.20. The molecule has 0 radical (unpaired) electrons. The molecule has 2 heteroatoms. The fourth-order valence-corrected chi connectivity index (χ4v) is 0.984. The van der Waals surface area contributed by atoms with Crippen LogP contribution in [0.25, 0.3) is 0 Å². The largest absolute Gasteiger partial charge is 0.274 e. The predicted octanol–water partition coefficient (Wildman–Crippen LogP) is 1.96. The Hall–Kier alpha value is -1.44. The third-order valence-corrected chi connectivity index (χ3v) is 1.65. The highest BCUT2D eigenvalue weighted by Crippen LogP contribution is 2.00. The summed E-state index contributed by atoms with van der Waals surface area (Å²) in [5.74, 6) is 0.779. The average molecular weight is 160 g/mol. The molecule has 0 aliphatic carbocycles. The highest BCUT2D eigenvalue weighted by atomic mass is 14.9. The van der Waals surface area contributed by atoms with E-state index in [0.717, 1.165) is 12.3 Å². The second-order valence-electron chi connectivity index (χ2n) is 2.46. The SMILES string of the molecule is C=NC(Cc1ccccc1)=NC. The lowest BCUT2D eigenvalue weighted by Gasteiger charge is -1.98. The molecule has 62 valence electrons. The summed E-state index contributed by atoms with van der Waals surface area (Å²) in [6.07, 6.45) is 0.765. The second-order valence-corrected chi connectivity index (χ2v) is 2.46. The zero-order chi connectivity index (χ0) is 8.81. The third kappa shape index (κ3) is 2.31. The number of rotatable bonds is 2. The van der Waals surface area contributed by atoms with Crippen LogP contribution in [0.2, 0.25) is 0 Å². The number of hydrogen-bond acceptors (Lipinski definition) is 1. The lowest BCUT2D eigenvalue weighted by atomic mass is 10.1.